The van der Waals surface area contributed by atoms with Crippen molar-refractivity contribution in [2.75, 3.05) is 7.11 Å². The molecule has 1 unspecified atom stereocenters. The van der Waals surface area contributed by atoms with Gasteiger partial charge in [0.05, 0.1) is 17.3 Å². The van der Waals surface area contributed by atoms with Crippen molar-refractivity contribution < 1.29 is 4.74 Å². The molecule has 2 N–H and O–H groups in total. The van der Waals surface area contributed by atoms with E-state index in [-0.39, 0.29) is 6.04 Å². The molecule has 0 aromatic carbocycles. The minimum absolute atomic E-state index is 0.276. The minimum atomic E-state index is -0.446. The third kappa shape index (κ3) is 1.97. The van der Waals surface area contributed by atoms with Crippen LogP contribution in [0, 0.1) is 0 Å². The Morgan fingerprint density at radius 3 is 2.50 bits per heavy atom. The molecule has 0 aliphatic rings. The molecule has 6 heteroatoms. The first-order valence-electron chi connectivity index (χ1n) is 4.26. The number of methoxy groups -OCH3 is 1. The lowest BCUT2D eigenvalue weighted by Gasteiger charge is -2.29. The zero-order valence-electron chi connectivity index (χ0n) is 8.78. The molecule has 80 valence electrons. The van der Waals surface area contributed by atoms with E-state index >= 15 is 0 Å². The summed E-state index contributed by atoms with van der Waals surface area (Å²) < 4.78 is 7.63. The van der Waals surface area contributed by atoms with Crippen LogP contribution >= 0.6 is 15.9 Å². The van der Waals surface area contributed by atoms with Crippen molar-refractivity contribution in [3.05, 3.63) is 10.3 Å². The van der Waals surface area contributed by atoms with Gasteiger partial charge in [0.1, 0.15) is 0 Å². The molecular weight excluding hydrogens is 248 g/mol. The molecule has 0 bridgehead atoms. The van der Waals surface area contributed by atoms with Gasteiger partial charge in [-0.1, -0.05) is 5.21 Å². The van der Waals surface area contributed by atoms with Crippen molar-refractivity contribution in [1.29, 1.82) is 0 Å². The highest BCUT2D eigenvalue weighted by Crippen LogP contribution is 2.29. The largest absolute Gasteiger partial charge is 0.377 e. The molecule has 0 fully saturated rings. The average molecular weight is 263 g/mol. The number of rotatable bonds is 3. The molecule has 5 nitrogen and oxygen atoms in total. The fourth-order valence-electron chi connectivity index (χ4n) is 1.13. The Morgan fingerprint density at radius 1 is 1.57 bits per heavy atom. The van der Waals surface area contributed by atoms with E-state index in [2.05, 4.69) is 26.2 Å². The number of hydrogen-bond donors (Lipinski definition) is 1. The molecule has 1 aromatic heterocycles. The van der Waals surface area contributed by atoms with Crippen LogP contribution in [-0.2, 0) is 11.8 Å². The van der Waals surface area contributed by atoms with Crippen molar-refractivity contribution in [2.45, 2.75) is 25.5 Å². The van der Waals surface area contributed by atoms with Crippen LogP contribution < -0.4 is 5.73 Å². The number of ether oxygens (including phenoxy) is 1. The number of hydrogen-bond acceptors (Lipinski definition) is 4. The summed E-state index contributed by atoms with van der Waals surface area (Å²) in [5.41, 5.74) is 6.46. The number of aromatic nitrogens is 3. The van der Waals surface area contributed by atoms with Gasteiger partial charge in [-0.25, -0.2) is 4.68 Å². The molecule has 1 rings (SSSR count). The molecule has 0 aliphatic carbocycles. The van der Waals surface area contributed by atoms with Gasteiger partial charge >= 0.3 is 0 Å². The first-order valence-corrected chi connectivity index (χ1v) is 5.05. The van der Waals surface area contributed by atoms with E-state index in [1.165, 1.54) is 0 Å². The van der Waals surface area contributed by atoms with Crippen LogP contribution in [0.2, 0.25) is 0 Å². The standard InChI is InChI=1S/C8H15BrN4O/c1-8(2,14-4)6(10)5-7(9)11-12-13(5)3/h6H,10H2,1-4H3. The lowest BCUT2D eigenvalue weighted by atomic mass is 9.97. The summed E-state index contributed by atoms with van der Waals surface area (Å²) in [5, 5.41) is 7.75. The second-order valence-corrected chi connectivity index (χ2v) is 4.43. The summed E-state index contributed by atoms with van der Waals surface area (Å²) in [4.78, 5) is 0. The maximum Gasteiger partial charge on any atom is 0.153 e. The Hall–Kier alpha value is -0.460. The molecule has 1 atom stereocenters. The fraction of sp³-hybridized carbons (Fsp3) is 0.750. The van der Waals surface area contributed by atoms with E-state index in [0.29, 0.717) is 4.60 Å². The molecular formula is C8H15BrN4O. The molecule has 1 aromatic rings. The highest BCUT2D eigenvalue weighted by atomic mass is 79.9. The predicted molar refractivity (Wildman–Crippen MR) is 56.7 cm³/mol. The van der Waals surface area contributed by atoms with Crippen LogP contribution in [0.4, 0.5) is 0 Å². The first-order chi connectivity index (χ1) is 6.40. The van der Waals surface area contributed by atoms with Crippen molar-refractivity contribution in [3.63, 3.8) is 0 Å². The lowest BCUT2D eigenvalue weighted by molar-refractivity contribution is -0.00219. The van der Waals surface area contributed by atoms with Crippen LogP contribution in [0.1, 0.15) is 25.6 Å². The van der Waals surface area contributed by atoms with Gasteiger partial charge in [0.2, 0.25) is 0 Å². The number of nitrogens with two attached hydrogens (primary N) is 1. The predicted octanol–water partition coefficient (Wildman–Crippen LogP) is 1.00. The third-order valence-electron chi connectivity index (χ3n) is 2.40. The summed E-state index contributed by atoms with van der Waals surface area (Å²) in [5.74, 6) is 0. The van der Waals surface area contributed by atoms with Gasteiger partial charge in [-0.3, -0.25) is 0 Å². The number of aryl methyl sites for hydroxylation is 1. The van der Waals surface area contributed by atoms with Gasteiger partial charge in [0.25, 0.3) is 0 Å². The summed E-state index contributed by atoms with van der Waals surface area (Å²) in [6.45, 7) is 3.86. The zero-order chi connectivity index (χ0) is 10.9. The van der Waals surface area contributed by atoms with Crippen molar-refractivity contribution in [1.82, 2.24) is 15.0 Å². The van der Waals surface area contributed by atoms with Crippen LogP contribution in [0.5, 0.6) is 0 Å². The molecule has 0 amide bonds. The second-order valence-electron chi connectivity index (χ2n) is 3.67. The maximum atomic E-state index is 6.07. The smallest absolute Gasteiger partial charge is 0.153 e. The van der Waals surface area contributed by atoms with Gasteiger partial charge in [0, 0.05) is 14.2 Å². The Morgan fingerprint density at radius 2 is 2.14 bits per heavy atom. The highest BCUT2D eigenvalue weighted by molar-refractivity contribution is 9.10. The molecule has 0 radical (unpaired) electrons. The van der Waals surface area contributed by atoms with Crippen molar-refractivity contribution in [3.8, 4) is 0 Å². The van der Waals surface area contributed by atoms with Gasteiger partial charge < -0.3 is 10.5 Å². The number of nitrogens with zero attached hydrogens (tertiary/aromatic N) is 3. The lowest BCUT2D eigenvalue weighted by Crippen LogP contribution is -2.38. The zero-order valence-corrected chi connectivity index (χ0v) is 10.4. The van der Waals surface area contributed by atoms with E-state index in [1.54, 1.807) is 18.8 Å². The SMILES string of the molecule is COC(C)(C)C(N)c1c(Br)nnn1C. The van der Waals surface area contributed by atoms with E-state index < -0.39 is 5.60 Å². The van der Waals surface area contributed by atoms with Gasteiger partial charge in [-0.15, -0.1) is 5.10 Å². The summed E-state index contributed by atoms with van der Waals surface area (Å²) >= 11 is 3.31. The van der Waals surface area contributed by atoms with Gasteiger partial charge in [-0.2, -0.15) is 0 Å². The van der Waals surface area contributed by atoms with Crippen LogP contribution in [-0.4, -0.2) is 27.7 Å². The third-order valence-corrected chi connectivity index (χ3v) is 2.96. The highest BCUT2D eigenvalue weighted by Gasteiger charge is 2.31. The van der Waals surface area contributed by atoms with Gasteiger partial charge in [-0.05, 0) is 29.8 Å². The molecule has 0 saturated carbocycles. The van der Waals surface area contributed by atoms with Crippen LogP contribution in [0.15, 0.2) is 4.60 Å². The maximum absolute atomic E-state index is 6.07. The second kappa shape index (κ2) is 3.96. The Kier molecular flexibility index (Phi) is 3.28. The van der Waals surface area contributed by atoms with E-state index in [0.717, 1.165) is 5.69 Å². The Balaban J connectivity index is 3.06. The summed E-state index contributed by atoms with van der Waals surface area (Å²) in [7, 11) is 3.44. The molecule has 1 heterocycles. The molecule has 0 spiro atoms. The summed E-state index contributed by atoms with van der Waals surface area (Å²) in [6, 6.07) is -0.276. The number of halogens is 1. The van der Waals surface area contributed by atoms with E-state index in [9.17, 15) is 0 Å². The van der Waals surface area contributed by atoms with E-state index in [4.69, 9.17) is 10.5 Å². The molecule has 0 aliphatic heterocycles. The molecule has 0 saturated heterocycles. The summed E-state index contributed by atoms with van der Waals surface area (Å²) in [6.07, 6.45) is 0. The van der Waals surface area contributed by atoms with E-state index in [1.807, 2.05) is 13.8 Å². The van der Waals surface area contributed by atoms with Crippen LogP contribution in [0.25, 0.3) is 0 Å². The quantitative estimate of drug-likeness (QED) is 0.883. The van der Waals surface area contributed by atoms with Crippen molar-refractivity contribution >= 4 is 15.9 Å². The van der Waals surface area contributed by atoms with Crippen molar-refractivity contribution in [2.24, 2.45) is 12.8 Å². The van der Waals surface area contributed by atoms with Gasteiger partial charge in [0.15, 0.2) is 4.60 Å². The average Bonchev–Trinajstić information content (AvgIpc) is 2.45. The van der Waals surface area contributed by atoms with Crippen LogP contribution in [0.3, 0.4) is 0 Å². The minimum Gasteiger partial charge on any atom is -0.377 e. The Bertz CT molecular complexity index is 304. The fourth-order valence-corrected chi connectivity index (χ4v) is 1.70. The normalized spacial score (nSPS) is 14.4. The molecule has 14 heavy (non-hydrogen) atoms. The first kappa shape index (κ1) is 11.6. The topological polar surface area (TPSA) is 66.0 Å². The Labute approximate surface area is 91.7 Å². The monoisotopic (exact) mass is 262 g/mol.